The van der Waals surface area contributed by atoms with E-state index in [9.17, 15) is 9.59 Å². The lowest BCUT2D eigenvalue weighted by atomic mass is 10.1. The quantitative estimate of drug-likeness (QED) is 0.770. The largest absolute Gasteiger partial charge is 0.497 e. The minimum Gasteiger partial charge on any atom is -0.497 e. The second-order valence-corrected chi connectivity index (χ2v) is 7.02. The lowest BCUT2D eigenvalue weighted by Crippen LogP contribution is -2.40. The lowest BCUT2D eigenvalue weighted by Gasteiger charge is -2.22. The standard InChI is InChI=1S/C21H31N3O4/c1-16(2)6-4-11-24-12-5-9-23-21(26)18-8-7-17(27-3)14-19(18)28-13-10-22-20(25)15-24/h6-8,14H,4-5,9-13,15H2,1-3H3,(H,22,25)(H,23,26). The summed E-state index contributed by atoms with van der Waals surface area (Å²) in [5.74, 6) is 0.873. The van der Waals surface area contributed by atoms with Crippen molar-refractivity contribution in [3.8, 4) is 11.5 Å². The van der Waals surface area contributed by atoms with Gasteiger partial charge in [-0.3, -0.25) is 14.5 Å². The van der Waals surface area contributed by atoms with Crippen LogP contribution in [0, 0.1) is 0 Å². The first-order valence-electron chi connectivity index (χ1n) is 9.71. The van der Waals surface area contributed by atoms with Crippen molar-refractivity contribution in [1.29, 1.82) is 0 Å². The molecule has 7 heteroatoms. The fraction of sp³-hybridized carbons (Fsp3) is 0.524. The predicted molar refractivity (Wildman–Crippen MR) is 109 cm³/mol. The van der Waals surface area contributed by atoms with E-state index >= 15 is 0 Å². The van der Waals surface area contributed by atoms with Crippen molar-refractivity contribution in [1.82, 2.24) is 15.5 Å². The molecule has 7 nitrogen and oxygen atoms in total. The minimum absolute atomic E-state index is 0.0206. The summed E-state index contributed by atoms with van der Waals surface area (Å²) in [6.45, 7) is 7.22. The van der Waals surface area contributed by atoms with Gasteiger partial charge < -0.3 is 20.1 Å². The highest BCUT2D eigenvalue weighted by atomic mass is 16.5. The van der Waals surface area contributed by atoms with Crippen LogP contribution in [0.1, 0.15) is 37.0 Å². The molecule has 0 saturated carbocycles. The maximum absolute atomic E-state index is 12.5. The Morgan fingerprint density at radius 1 is 1.25 bits per heavy atom. The number of hydrogen-bond acceptors (Lipinski definition) is 5. The second kappa shape index (κ2) is 11.3. The topological polar surface area (TPSA) is 79.9 Å². The van der Waals surface area contributed by atoms with E-state index in [-0.39, 0.29) is 18.4 Å². The summed E-state index contributed by atoms with van der Waals surface area (Å²) in [5, 5.41) is 5.82. The van der Waals surface area contributed by atoms with Crippen LogP contribution in [0.25, 0.3) is 0 Å². The molecule has 0 aliphatic carbocycles. The molecule has 1 aromatic rings. The van der Waals surface area contributed by atoms with Gasteiger partial charge in [0.25, 0.3) is 5.91 Å². The summed E-state index contributed by atoms with van der Waals surface area (Å²) < 4.78 is 10.9. The van der Waals surface area contributed by atoms with Crippen molar-refractivity contribution in [2.24, 2.45) is 0 Å². The van der Waals surface area contributed by atoms with Crippen LogP contribution in [0.2, 0.25) is 0 Å². The molecule has 0 aromatic heterocycles. The van der Waals surface area contributed by atoms with Crippen molar-refractivity contribution in [2.45, 2.75) is 26.7 Å². The summed E-state index contributed by atoms with van der Waals surface area (Å²) in [6.07, 6.45) is 3.84. The Morgan fingerprint density at radius 3 is 2.82 bits per heavy atom. The van der Waals surface area contributed by atoms with E-state index in [1.54, 1.807) is 25.3 Å². The van der Waals surface area contributed by atoms with E-state index in [1.165, 1.54) is 5.57 Å². The summed E-state index contributed by atoms with van der Waals surface area (Å²) >= 11 is 0. The van der Waals surface area contributed by atoms with Gasteiger partial charge in [0.15, 0.2) is 0 Å². The molecule has 154 valence electrons. The van der Waals surface area contributed by atoms with Crippen molar-refractivity contribution >= 4 is 11.8 Å². The number of fused-ring (bicyclic) bond motifs is 1. The zero-order valence-corrected chi connectivity index (χ0v) is 17.0. The second-order valence-electron chi connectivity index (χ2n) is 7.02. The molecule has 1 aliphatic rings. The normalized spacial score (nSPS) is 16.7. The summed E-state index contributed by atoms with van der Waals surface area (Å²) in [7, 11) is 1.56. The first-order chi connectivity index (χ1) is 13.5. The van der Waals surface area contributed by atoms with Gasteiger partial charge >= 0.3 is 0 Å². The number of methoxy groups -OCH3 is 1. The number of hydrogen-bond donors (Lipinski definition) is 2. The highest BCUT2D eigenvalue weighted by Gasteiger charge is 2.16. The average Bonchev–Trinajstić information content (AvgIpc) is 2.67. The van der Waals surface area contributed by atoms with Crippen molar-refractivity contribution in [3.05, 3.63) is 35.4 Å². The number of rotatable bonds is 4. The van der Waals surface area contributed by atoms with Gasteiger partial charge in [-0.1, -0.05) is 11.6 Å². The van der Waals surface area contributed by atoms with Gasteiger partial charge in [-0.05, 0) is 38.8 Å². The zero-order chi connectivity index (χ0) is 20.4. The van der Waals surface area contributed by atoms with Crippen LogP contribution in [0.4, 0.5) is 0 Å². The Labute approximate surface area is 167 Å². The van der Waals surface area contributed by atoms with Gasteiger partial charge in [0.2, 0.25) is 5.91 Å². The molecule has 0 radical (unpaired) electrons. The van der Waals surface area contributed by atoms with Gasteiger partial charge in [-0.2, -0.15) is 0 Å². The number of nitrogens with zero attached hydrogens (tertiary/aromatic N) is 1. The Morgan fingerprint density at radius 2 is 2.07 bits per heavy atom. The Bertz CT molecular complexity index is 699. The van der Waals surface area contributed by atoms with Crippen LogP contribution in [0.15, 0.2) is 29.8 Å². The molecule has 2 rings (SSSR count). The van der Waals surface area contributed by atoms with E-state index in [1.807, 2.05) is 0 Å². The Balaban J connectivity index is 2.05. The van der Waals surface area contributed by atoms with E-state index in [0.717, 1.165) is 25.9 Å². The molecular weight excluding hydrogens is 358 g/mol. The number of nitrogens with one attached hydrogen (secondary N) is 2. The van der Waals surface area contributed by atoms with Gasteiger partial charge in [0, 0.05) is 25.7 Å². The number of amides is 2. The third kappa shape index (κ3) is 7.23. The van der Waals surface area contributed by atoms with E-state index in [2.05, 4.69) is 35.5 Å². The summed E-state index contributed by atoms with van der Waals surface area (Å²) in [5.41, 5.74) is 1.73. The molecule has 0 spiro atoms. The highest BCUT2D eigenvalue weighted by Crippen LogP contribution is 2.24. The smallest absolute Gasteiger partial charge is 0.255 e. The van der Waals surface area contributed by atoms with Crippen molar-refractivity contribution < 1.29 is 19.1 Å². The van der Waals surface area contributed by atoms with E-state index < -0.39 is 0 Å². The Hall–Kier alpha value is -2.54. The molecule has 2 amide bonds. The molecule has 0 atom stereocenters. The average molecular weight is 389 g/mol. The van der Waals surface area contributed by atoms with Crippen LogP contribution < -0.4 is 20.1 Å². The van der Waals surface area contributed by atoms with Crippen molar-refractivity contribution in [2.75, 3.05) is 46.4 Å². The number of ether oxygens (including phenoxy) is 2. The van der Waals surface area contributed by atoms with Gasteiger partial charge in [0.1, 0.15) is 18.1 Å². The SMILES string of the molecule is COc1ccc2c(c1)OCCNC(=O)CN(CCC=C(C)C)CCCNC2=O. The maximum Gasteiger partial charge on any atom is 0.255 e. The monoisotopic (exact) mass is 389 g/mol. The third-order valence-electron chi connectivity index (χ3n) is 4.42. The molecule has 1 heterocycles. The highest BCUT2D eigenvalue weighted by molar-refractivity contribution is 5.97. The number of carbonyl (C=O) groups is 2. The molecule has 0 saturated heterocycles. The van der Waals surface area contributed by atoms with Gasteiger partial charge in [0.05, 0.1) is 25.8 Å². The minimum atomic E-state index is -0.171. The van der Waals surface area contributed by atoms with Crippen molar-refractivity contribution in [3.63, 3.8) is 0 Å². The molecule has 28 heavy (non-hydrogen) atoms. The van der Waals surface area contributed by atoms with Gasteiger partial charge in [-0.25, -0.2) is 0 Å². The number of carbonyl (C=O) groups excluding carboxylic acids is 2. The maximum atomic E-state index is 12.5. The molecule has 0 fully saturated rings. The molecular formula is C21H31N3O4. The van der Waals surface area contributed by atoms with Gasteiger partial charge in [-0.15, -0.1) is 0 Å². The van der Waals surface area contributed by atoms with Crippen LogP contribution >= 0.6 is 0 Å². The lowest BCUT2D eigenvalue weighted by molar-refractivity contribution is -0.122. The molecule has 0 bridgehead atoms. The van der Waals surface area contributed by atoms with Crippen LogP contribution in [-0.4, -0.2) is 63.2 Å². The van der Waals surface area contributed by atoms with Crippen LogP contribution in [-0.2, 0) is 4.79 Å². The van der Waals surface area contributed by atoms with Crippen LogP contribution in [0.3, 0.4) is 0 Å². The first-order valence-corrected chi connectivity index (χ1v) is 9.71. The predicted octanol–water partition coefficient (Wildman–Crippen LogP) is 1.98. The number of benzene rings is 1. The molecule has 0 unspecified atom stereocenters. The molecule has 2 N–H and O–H groups in total. The fourth-order valence-electron chi connectivity index (χ4n) is 2.95. The Kier molecular flexibility index (Phi) is 8.81. The van der Waals surface area contributed by atoms with E-state index in [0.29, 0.717) is 36.7 Å². The molecule has 1 aromatic carbocycles. The van der Waals surface area contributed by atoms with E-state index in [4.69, 9.17) is 9.47 Å². The summed E-state index contributed by atoms with van der Waals surface area (Å²) in [6, 6.07) is 5.12. The summed E-state index contributed by atoms with van der Waals surface area (Å²) in [4.78, 5) is 26.9. The molecule has 1 aliphatic heterocycles. The van der Waals surface area contributed by atoms with Crippen LogP contribution in [0.5, 0.6) is 11.5 Å². The zero-order valence-electron chi connectivity index (χ0n) is 17.0. The fourth-order valence-corrected chi connectivity index (χ4v) is 2.95. The first kappa shape index (κ1) is 21.8. The number of allylic oxidation sites excluding steroid dienone is 1. The third-order valence-corrected chi connectivity index (χ3v) is 4.42.